The van der Waals surface area contributed by atoms with E-state index in [-0.39, 0.29) is 23.5 Å². The zero-order valence-corrected chi connectivity index (χ0v) is 19.3. The van der Waals surface area contributed by atoms with E-state index in [0.717, 1.165) is 32.5 Å². The number of nitrogens with zero attached hydrogens (tertiary/aromatic N) is 3. The standard InChI is InChI=1S/C28H30FN3O2/c29-25-12-10-22(11-13-25)27(33)32-14-4-8-24(20-32)28(34)31-17-15-30(16-18-31)19-23-7-3-6-21-5-1-2-9-26(21)23/h1-3,5-7,9-13,24H,4,8,14-20H2/t24-/m1/s1. The summed E-state index contributed by atoms with van der Waals surface area (Å²) < 4.78 is 13.2. The molecule has 3 aromatic carbocycles. The molecule has 0 saturated carbocycles. The highest BCUT2D eigenvalue weighted by atomic mass is 19.1. The van der Waals surface area contributed by atoms with Crippen LogP contribution in [0.15, 0.2) is 66.7 Å². The average molecular weight is 460 g/mol. The van der Waals surface area contributed by atoms with Crippen LogP contribution in [0.5, 0.6) is 0 Å². The summed E-state index contributed by atoms with van der Waals surface area (Å²) in [4.78, 5) is 32.2. The fourth-order valence-corrected chi connectivity index (χ4v) is 5.19. The van der Waals surface area contributed by atoms with Crippen molar-refractivity contribution in [2.75, 3.05) is 39.3 Å². The van der Waals surface area contributed by atoms with Gasteiger partial charge in [0, 0.05) is 51.4 Å². The van der Waals surface area contributed by atoms with Crippen LogP contribution in [0, 0.1) is 11.7 Å². The minimum absolute atomic E-state index is 0.127. The van der Waals surface area contributed by atoms with Gasteiger partial charge in [-0.1, -0.05) is 42.5 Å². The molecule has 2 aliphatic rings. The third-order valence-electron chi connectivity index (χ3n) is 7.11. The van der Waals surface area contributed by atoms with Gasteiger partial charge >= 0.3 is 0 Å². The largest absolute Gasteiger partial charge is 0.340 e. The quantitative estimate of drug-likeness (QED) is 0.588. The molecular formula is C28H30FN3O2. The van der Waals surface area contributed by atoms with Gasteiger partial charge in [-0.05, 0) is 53.4 Å². The summed E-state index contributed by atoms with van der Waals surface area (Å²) in [7, 11) is 0. The van der Waals surface area contributed by atoms with Crippen molar-refractivity contribution in [1.82, 2.24) is 14.7 Å². The third-order valence-corrected chi connectivity index (χ3v) is 7.11. The Hall–Kier alpha value is -3.25. The van der Waals surface area contributed by atoms with Crippen LogP contribution in [0.3, 0.4) is 0 Å². The van der Waals surface area contributed by atoms with E-state index in [2.05, 4.69) is 47.4 Å². The first kappa shape index (κ1) is 22.5. The van der Waals surface area contributed by atoms with E-state index in [1.54, 1.807) is 4.90 Å². The van der Waals surface area contributed by atoms with Crippen LogP contribution in [0.1, 0.15) is 28.8 Å². The molecule has 0 bridgehead atoms. The second-order valence-electron chi connectivity index (χ2n) is 9.34. The van der Waals surface area contributed by atoms with Crippen LogP contribution in [-0.4, -0.2) is 65.8 Å². The van der Waals surface area contributed by atoms with Gasteiger partial charge in [-0.15, -0.1) is 0 Å². The molecule has 2 aliphatic heterocycles. The number of piperazine rings is 1. The molecule has 5 nitrogen and oxygen atoms in total. The Kier molecular flexibility index (Phi) is 6.59. The topological polar surface area (TPSA) is 43.9 Å². The highest BCUT2D eigenvalue weighted by molar-refractivity contribution is 5.94. The lowest BCUT2D eigenvalue weighted by atomic mass is 9.95. The minimum atomic E-state index is -0.358. The van der Waals surface area contributed by atoms with Crippen molar-refractivity contribution in [2.45, 2.75) is 19.4 Å². The summed E-state index contributed by atoms with van der Waals surface area (Å²) >= 11 is 0. The van der Waals surface area contributed by atoms with Gasteiger partial charge in [0.2, 0.25) is 5.91 Å². The molecule has 0 N–H and O–H groups in total. The van der Waals surface area contributed by atoms with E-state index in [0.29, 0.717) is 31.7 Å². The molecule has 0 aliphatic carbocycles. The Bertz CT molecular complexity index is 1170. The van der Waals surface area contributed by atoms with Gasteiger partial charge in [0.25, 0.3) is 5.91 Å². The summed E-state index contributed by atoms with van der Waals surface area (Å²) in [5.41, 5.74) is 1.79. The second kappa shape index (κ2) is 9.94. The Morgan fingerprint density at radius 3 is 2.35 bits per heavy atom. The van der Waals surface area contributed by atoms with Gasteiger partial charge in [0.1, 0.15) is 5.82 Å². The van der Waals surface area contributed by atoms with Crippen LogP contribution >= 0.6 is 0 Å². The first-order valence-corrected chi connectivity index (χ1v) is 12.1. The molecule has 176 valence electrons. The number of likely N-dealkylation sites (tertiary alicyclic amines) is 1. The second-order valence-corrected chi connectivity index (χ2v) is 9.34. The average Bonchev–Trinajstić information content (AvgIpc) is 2.89. The van der Waals surface area contributed by atoms with Crippen LogP contribution in [0.4, 0.5) is 4.39 Å². The fourth-order valence-electron chi connectivity index (χ4n) is 5.19. The highest BCUT2D eigenvalue weighted by Crippen LogP contribution is 2.23. The Morgan fingerprint density at radius 2 is 1.56 bits per heavy atom. The number of benzene rings is 3. The number of amides is 2. The van der Waals surface area contributed by atoms with E-state index in [4.69, 9.17) is 0 Å². The van der Waals surface area contributed by atoms with Crippen molar-refractivity contribution < 1.29 is 14.0 Å². The molecule has 2 fully saturated rings. The van der Waals surface area contributed by atoms with Crippen molar-refractivity contribution in [2.24, 2.45) is 5.92 Å². The molecule has 0 radical (unpaired) electrons. The number of fused-ring (bicyclic) bond motifs is 1. The van der Waals surface area contributed by atoms with Gasteiger partial charge in [-0.2, -0.15) is 0 Å². The predicted molar refractivity (Wildman–Crippen MR) is 131 cm³/mol. The normalized spacial score (nSPS) is 19.4. The maximum atomic E-state index is 13.3. The van der Waals surface area contributed by atoms with Crippen LogP contribution in [-0.2, 0) is 11.3 Å². The van der Waals surface area contributed by atoms with Gasteiger partial charge in [0.05, 0.1) is 5.92 Å². The van der Waals surface area contributed by atoms with Crippen molar-refractivity contribution in [3.05, 3.63) is 83.7 Å². The highest BCUT2D eigenvalue weighted by Gasteiger charge is 2.33. The van der Waals surface area contributed by atoms with Gasteiger partial charge in [0.15, 0.2) is 0 Å². The molecule has 0 spiro atoms. The van der Waals surface area contributed by atoms with Crippen molar-refractivity contribution in [1.29, 1.82) is 0 Å². The number of hydrogen-bond acceptors (Lipinski definition) is 3. The first-order valence-electron chi connectivity index (χ1n) is 12.1. The fraction of sp³-hybridized carbons (Fsp3) is 0.357. The summed E-state index contributed by atoms with van der Waals surface area (Å²) in [6, 6.07) is 20.5. The Labute approximate surface area is 199 Å². The third kappa shape index (κ3) is 4.82. The van der Waals surface area contributed by atoms with Crippen molar-refractivity contribution >= 4 is 22.6 Å². The maximum Gasteiger partial charge on any atom is 0.253 e. The van der Waals surface area contributed by atoms with Crippen molar-refractivity contribution in [3.63, 3.8) is 0 Å². The van der Waals surface area contributed by atoms with Gasteiger partial charge < -0.3 is 9.80 Å². The molecule has 34 heavy (non-hydrogen) atoms. The molecule has 5 rings (SSSR count). The van der Waals surface area contributed by atoms with Crippen LogP contribution in [0.25, 0.3) is 10.8 Å². The molecular weight excluding hydrogens is 429 g/mol. The van der Waals surface area contributed by atoms with Crippen LogP contribution < -0.4 is 0 Å². The lowest BCUT2D eigenvalue weighted by molar-refractivity contribution is -0.138. The first-order chi connectivity index (χ1) is 16.6. The number of hydrogen-bond donors (Lipinski definition) is 0. The predicted octanol–water partition coefficient (Wildman–Crippen LogP) is 4.18. The number of carbonyl (C=O) groups excluding carboxylic acids is 2. The summed E-state index contributed by atoms with van der Waals surface area (Å²) in [6.07, 6.45) is 1.62. The number of piperidine rings is 1. The smallest absolute Gasteiger partial charge is 0.253 e. The van der Waals surface area contributed by atoms with Crippen LogP contribution in [0.2, 0.25) is 0 Å². The van der Waals surface area contributed by atoms with E-state index in [9.17, 15) is 14.0 Å². The van der Waals surface area contributed by atoms with E-state index >= 15 is 0 Å². The monoisotopic (exact) mass is 459 g/mol. The lowest BCUT2D eigenvalue weighted by Crippen LogP contribution is -2.52. The Balaban J connectivity index is 1.17. The molecule has 2 heterocycles. The molecule has 2 amide bonds. The molecule has 3 aromatic rings. The van der Waals surface area contributed by atoms with Crippen molar-refractivity contribution in [3.8, 4) is 0 Å². The molecule has 0 unspecified atom stereocenters. The zero-order valence-electron chi connectivity index (χ0n) is 19.3. The van der Waals surface area contributed by atoms with Gasteiger partial charge in [-0.25, -0.2) is 4.39 Å². The van der Waals surface area contributed by atoms with Gasteiger partial charge in [-0.3, -0.25) is 14.5 Å². The Morgan fingerprint density at radius 1 is 0.824 bits per heavy atom. The van der Waals surface area contributed by atoms with E-state index < -0.39 is 0 Å². The molecule has 6 heteroatoms. The van der Waals surface area contributed by atoms with E-state index in [1.165, 1.54) is 40.6 Å². The maximum absolute atomic E-state index is 13.3. The lowest BCUT2D eigenvalue weighted by Gasteiger charge is -2.39. The summed E-state index contributed by atoms with van der Waals surface area (Å²) in [5.74, 6) is -0.496. The summed E-state index contributed by atoms with van der Waals surface area (Å²) in [6.45, 7) is 5.08. The SMILES string of the molecule is O=C(c1ccc(F)cc1)N1CCC[C@@H](C(=O)N2CCN(Cc3cccc4ccccc34)CC2)C1. The summed E-state index contributed by atoms with van der Waals surface area (Å²) in [5, 5.41) is 2.54. The molecule has 1 atom stereocenters. The molecule has 0 aromatic heterocycles. The number of halogens is 1. The molecule has 2 saturated heterocycles. The number of carbonyl (C=O) groups is 2. The zero-order chi connectivity index (χ0) is 23.5. The number of rotatable bonds is 4. The minimum Gasteiger partial charge on any atom is -0.340 e. The van der Waals surface area contributed by atoms with E-state index in [1.807, 2.05) is 4.90 Å².